The van der Waals surface area contributed by atoms with Crippen LogP contribution in [0.25, 0.3) is 0 Å². The van der Waals surface area contributed by atoms with Crippen molar-refractivity contribution in [1.82, 2.24) is 4.90 Å². The van der Waals surface area contributed by atoms with Gasteiger partial charge in [0.2, 0.25) is 0 Å². The zero-order valence-corrected chi connectivity index (χ0v) is 14.3. The highest BCUT2D eigenvalue weighted by molar-refractivity contribution is 9.10. The van der Waals surface area contributed by atoms with Crippen LogP contribution in [0.1, 0.15) is 28.8 Å². The van der Waals surface area contributed by atoms with Gasteiger partial charge in [0.25, 0.3) is 5.91 Å². The number of carbonyl (C=O) groups excluding carboxylic acids is 1. The minimum atomic E-state index is -0.389. The molecule has 2 aromatic rings. The SMILES string of the molecule is NC1(c2ccccc2)CCN(C(=O)c2ccc(Br)cc2O)CC1. The number of hydrogen-bond acceptors (Lipinski definition) is 3. The smallest absolute Gasteiger partial charge is 0.257 e. The molecule has 120 valence electrons. The summed E-state index contributed by atoms with van der Waals surface area (Å²) in [6.45, 7) is 1.17. The van der Waals surface area contributed by atoms with Crippen LogP contribution in [-0.4, -0.2) is 29.0 Å². The van der Waals surface area contributed by atoms with Crippen molar-refractivity contribution < 1.29 is 9.90 Å². The summed E-state index contributed by atoms with van der Waals surface area (Å²) in [7, 11) is 0. The van der Waals surface area contributed by atoms with Gasteiger partial charge in [-0.25, -0.2) is 0 Å². The minimum absolute atomic E-state index is 0.00276. The molecule has 0 bridgehead atoms. The molecule has 1 amide bonds. The van der Waals surface area contributed by atoms with Gasteiger partial charge in [0, 0.05) is 23.1 Å². The minimum Gasteiger partial charge on any atom is -0.507 e. The third-order valence-corrected chi connectivity index (χ3v) is 4.98. The molecule has 0 unspecified atom stereocenters. The first-order valence-corrected chi connectivity index (χ1v) is 8.41. The van der Waals surface area contributed by atoms with Crippen molar-refractivity contribution >= 4 is 21.8 Å². The number of piperidine rings is 1. The van der Waals surface area contributed by atoms with Crippen LogP contribution in [0.5, 0.6) is 5.75 Å². The number of carbonyl (C=O) groups is 1. The van der Waals surface area contributed by atoms with Crippen LogP contribution >= 0.6 is 15.9 Å². The Labute approximate surface area is 144 Å². The Hall–Kier alpha value is -1.85. The lowest BCUT2D eigenvalue weighted by Crippen LogP contribution is -2.49. The zero-order chi connectivity index (χ0) is 16.4. The predicted octanol–water partition coefficient (Wildman–Crippen LogP) is 3.24. The van der Waals surface area contributed by atoms with Crippen LogP contribution in [0.3, 0.4) is 0 Å². The van der Waals surface area contributed by atoms with Crippen molar-refractivity contribution in [3.63, 3.8) is 0 Å². The van der Waals surface area contributed by atoms with Gasteiger partial charge >= 0.3 is 0 Å². The number of amides is 1. The van der Waals surface area contributed by atoms with Crippen molar-refractivity contribution in [3.8, 4) is 5.75 Å². The highest BCUT2D eigenvalue weighted by Crippen LogP contribution is 2.32. The first kappa shape index (κ1) is 16.0. The fraction of sp³-hybridized carbons (Fsp3) is 0.278. The van der Waals surface area contributed by atoms with Crippen molar-refractivity contribution in [2.24, 2.45) is 5.73 Å². The fourth-order valence-corrected chi connectivity index (χ4v) is 3.37. The normalized spacial score (nSPS) is 17.0. The van der Waals surface area contributed by atoms with Crippen molar-refractivity contribution in [3.05, 3.63) is 64.1 Å². The summed E-state index contributed by atoms with van der Waals surface area (Å²) in [5.74, 6) is -0.151. The van der Waals surface area contributed by atoms with E-state index in [-0.39, 0.29) is 17.2 Å². The number of nitrogens with zero attached hydrogens (tertiary/aromatic N) is 1. The number of phenolic OH excluding ortho intramolecular Hbond substituents is 1. The van der Waals surface area contributed by atoms with E-state index in [0.717, 1.165) is 10.0 Å². The van der Waals surface area contributed by atoms with E-state index < -0.39 is 0 Å². The van der Waals surface area contributed by atoms with E-state index >= 15 is 0 Å². The summed E-state index contributed by atoms with van der Waals surface area (Å²) < 4.78 is 0.746. The Morgan fingerprint density at radius 2 is 1.78 bits per heavy atom. The van der Waals surface area contributed by atoms with Gasteiger partial charge in [-0.15, -0.1) is 0 Å². The summed E-state index contributed by atoms with van der Waals surface area (Å²) >= 11 is 3.28. The molecule has 3 rings (SSSR count). The number of aromatic hydroxyl groups is 1. The lowest BCUT2D eigenvalue weighted by atomic mass is 9.82. The second-order valence-corrected chi connectivity index (χ2v) is 6.89. The molecule has 0 saturated carbocycles. The maximum atomic E-state index is 12.6. The van der Waals surface area contributed by atoms with E-state index in [9.17, 15) is 9.90 Å². The van der Waals surface area contributed by atoms with Gasteiger partial charge in [-0.3, -0.25) is 4.79 Å². The molecule has 1 fully saturated rings. The summed E-state index contributed by atoms with van der Waals surface area (Å²) in [5.41, 5.74) is 7.59. The lowest BCUT2D eigenvalue weighted by molar-refractivity contribution is 0.0666. The molecule has 4 nitrogen and oxygen atoms in total. The average molecular weight is 375 g/mol. The second kappa shape index (κ2) is 6.34. The topological polar surface area (TPSA) is 66.6 Å². The molecule has 0 spiro atoms. The van der Waals surface area contributed by atoms with Crippen LogP contribution < -0.4 is 5.73 Å². The number of benzene rings is 2. The number of phenols is 1. The number of halogens is 1. The van der Waals surface area contributed by atoms with Crippen LogP contribution in [0.15, 0.2) is 53.0 Å². The maximum absolute atomic E-state index is 12.6. The molecule has 0 radical (unpaired) electrons. The van der Waals surface area contributed by atoms with E-state index in [4.69, 9.17) is 5.73 Å². The van der Waals surface area contributed by atoms with Crippen molar-refractivity contribution in [1.29, 1.82) is 0 Å². The molecule has 1 saturated heterocycles. The molecule has 2 aromatic carbocycles. The Balaban J connectivity index is 1.72. The predicted molar refractivity (Wildman–Crippen MR) is 93.3 cm³/mol. The van der Waals surface area contributed by atoms with Gasteiger partial charge in [0.1, 0.15) is 5.75 Å². The van der Waals surface area contributed by atoms with Crippen LogP contribution in [0, 0.1) is 0 Å². The van der Waals surface area contributed by atoms with Crippen LogP contribution in [0.4, 0.5) is 0 Å². The summed E-state index contributed by atoms with van der Waals surface area (Å²) in [4.78, 5) is 14.4. The molecule has 0 atom stereocenters. The first-order valence-electron chi connectivity index (χ1n) is 7.62. The van der Waals surface area contributed by atoms with Gasteiger partial charge in [-0.1, -0.05) is 46.3 Å². The molecule has 0 aromatic heterocycles. The number of rotatable bonds is 2. The second-order valence-electron chi connectivity index (χ2n) is 5.98. The monoisotopic (exact) mass is 374 g/mol. The van der Waals surface area contributed by atoms with E-state index in [1.54, 1.807) is 17.0 Å². The van der Waals surface area contributed by atoms with Gasteiger partial charge in [-0.05, 0) is 36.6 Å². The third kappa shape index (κ3) is 3.26. The van der Waals surface area contributed by atoms with E-state index in [1.807, 2.05) is 30.3 Å². The molecule has 1 aliphatic rings. The molecule has 1 heterocycles. The van der Waals surface area contributed by atoms with Crippen LogP contribution in [0.2, 0.25) is 0 Å². The van der Waals surface area contributed by atoms with Crippen LogP contribution in [-0.2, 0) is 5.54 Å². The lowest BCUT2D eigenvalue weighted by Gasteiger charge is -2.39. The fourth-order valence-electron chi connectivity index (χ4n) is 3.02. The molecule has 0 aliphatic carbocycles. The maximum Gasteiger partial charge on any atom is 0.257 e. The average Bonchev–Trinajstić information content (AvgIpc) is 2.56. The Morgan fingerprint density at radius 1 is 1.13 bits per heavy atom. The van der Waals surface area contributed by atoms with Gasteiger partial charge < -0.3 is 15.7 Å². The van der Waals surface area contributed by atoms with E-state index in [0.29, 0.717) is 31.5 Å². The number of nitrogens with two attached hydrogens (primary N) is 1. The Bertz CT molecular complexity index is 710. The Morgan fingerprint density at radius 3 is 2.39 bits per heavy atom. The summed E-state index contributed by atoms with van der Waals surface area (Å²) in [5, 5.41) is 9.97. The number of likely N-dealkylation sites (tertiary alicyclic amines) is 1. The van der Waals surface area contributed by atoms with Crippen molar-refractivity contribution in [2.75, 3.05) is 13.1 Å². The standard InChI is InChI=1S/C18H19BrN2O2/c19-14-6-7-15(16(22)12-14)17(23)21-10-8-18(20,9-11-21)13-4-2-1-3-5-13/h1-7,12,22H,8-11,20H2. The zero-order valence-electron chi connectivity index (χ0n) is 12.7. The molecule has 1 aliphatic heterocycles. The van der Waals surface area contributed by atoms with E-state index in [2.05, 4.69) is 15.9 Å². The highest BCUT2D eigenvalue weighted by Gasteiger charge is 2.34. The summed E-state index contributed by atoms with van der Waals surface area (Å²) in [6, 6.07) is 15.0. The Kier molecular flexibility index (Phi) is 4.41. The molecular weight excluding hydrogens is 356 g/mol. The molecule has 23 heavy (non-hydrogen) atoms. The largest absolute Gasteiger partial charge is 0.507 e. The first-order chi connectivity index (χ1) is 11.0. The highest BCUT2D eigenvalue weighted by atomic mass is 79.9. The van der Waals surface area contributed by atoms with Gasteiger partial charge in [0.05, 0.1) is 5.56 Å². The van der Waals surface area contributed by atoms with E-state index in [1.165, 1.54) is 6.07 Å². The third-order valence-electron chi connectivity index (χ3n) is 4.48. The molecular formula is C18H19BrN2O2. The summed E-state index contributed by atoms with van der Waals surface area (Å²) in [6.07, 6.45) is 1.42. The number of hydrogen-bond donors (Lipinski definition) is 2. The molecule has 3 N–H and O–H groups in total. The van der Waals surface area contributed by atoms with Crippen molar-refractivity contribution in [2.45, 2.75) is 18.4 Å². The quantitative estimate of drug-likeness (QED) is 0.847. The van der Waals surface area contributed by atoms with Gasteiger partial charge in [0.15, 0.2) is 0 Å². The molecule has 5 heteroatoms. The van der Waals surface area contributed by atoms with Gasteiger partial charge in [-0.2, -0.15) is 0 Å².